The lowest BCUT2D eigenvalue weighted by Gasteiger charge is -2.45. The van der Waals surface area contributed by atoms with Gasteiger partial charge in [-0.1, -0.05) is 41.5 Å². The number of nitrogens with one attached hydrogen (secondary N) is 1. The maximum atomic E-state index is 3.80. The van der Waals surface area contributed by atoms with Crippen molar-refractivity contribution in [2.24, 2.45) is 11.8 Å². The van der Waals surface area contributed by atoms with Crippen molar-refractivity contribution in [3.8, 4) is 0 Å². The summed E-state index contributed by atoms with van der Waals surface area (Å²) in [4.78, 5) is 2.82. The van der Waals surface area contributed by atoms with Crippen LogP contribution in [0.15, 0.2) is 0 Å². The fourth-order valence-corrected chi connectivity index (χ4v) is 3.58. The van der Waals surface area contributed by atoms with Crippen molar-refractivity contribution in [1.82, 2.24) is 10.2 Å². The van der Waals surface area contributed by atoms with Crippen LogP contribution in [-0.2, 0) is 0 Å². The molecule has 0 aliphatic carbocycles. The van der Waals surface area contributed by atoms with Gasteiger partial charge in [-0.2, -0.15) is 0 Å². The lowest BCUT2D eigenvalue weighted by atomic mass is 9.93. The van der Waals surface area contributed by atoms with Crippen molar-refractivity contribution in [2.45, 2.75) is 85.4 Å². The van der Waals surface area contributed by atoms with E-state index in [9.17, 15) is 0 Å². The molecule has 1 heterocycles. The summed E-state index contributed by atoms with van der Waals surface area (Å²) in [5, 5.41) is 3.80. The van der Waals surface area contributed by atoms with E-state index >= 15 is 0 Å². The summed E-state index contributed by atoms with van der Waals surface area (Å²) in [6.07, 6.45) is 5.22. The summed E-state index contributed by atoms with van der Waals surface area (Å²) < 4.78 is 0. The van der Waals surface area contributed by atoms with Gasteiger partial charge in [0.05, 0.1) is 0 Å². The Labute approximate surface area is 121 Å². The van der Waals surface area contributed by atoms with Crippen LogP contribution >= 0.6 is 0 Å². The van der Waals surface area contributed by atoms with Crippen molar-refractivity contribution >= 4 is 0 Å². The Morgan fingerprint density at radius 2 is 1.58 bits per heavy atom. The van der Waals surface area contributed by atoms with Gasteiger partial charge in [-0.15, -0.1) is 0 Å². The maximum Gasteiger partial charge on any atom is 0.0226 e. The van der Waals surface area contributed by atoms with Crippen LogP contribution in [0.3, 0.4) is 0 Å². The van der Waals surface area contributed by atoms with E-state index in [1.165, 1.54) is 38.8 Å². The molecule has 1 rings (SSSR count). The van der Waals surface area contributed by atoms with Crippen LogP contribution in [0.4, 0.5) is 0 Å². The van der Waals surface area contributed by atoms with Crippen LogP contribution in [0.1, 0.15) is 67.2 Å². The van der Waals surface area contributed by atoms with Gasteiger partial charge in [-0.05, 0) is 37.5 Å². The minimum Gasteiger partial charge on any atom is -0.311 e. The van der Waals surface area contributed by atoms with E-state index < -0.39 is 0 Å². The molecule has 1 fully saturated rings. The third-order valence-corrected chi connectivity index (χ3v) is 4.45. The molecular weight excluding hydrogens is 232 g/mol. The third-order valence-electron chi connectivity index (χ3n) is 4.45. The average Bonchev–Trinajstić information content (AvgIpc) is 2.32. The summed E-state index contributed by atoms with van der Waals surface area (Å²) in [7, 11) is 0. The van der Waals surface area contributed by atoms with Crippen LogP contribution < -0.4 is 5.32 Å². The highest BCUT2D eigenvalue weighted by molar-refractivity contribution is 4.90. The van der Waals surface area contributed by atoms with Crippen LogP contribution in [-0.4, -0.2) is 36.1 Å². The minimum absolute atomic E-state index is 0.698. The van der Waals surface area contributed by atoms with E-state index in [0.717, 1.165) is 23.9 Å². The first-order valence-corrected chi connectivity index (χ1v) is 8.46. The summed E-state index contributed by atoms with van der Waals surface area (Å²) in [6.45, 7) is 16.5. The average molecular weight is 268 g/mol. The topological polar surface area (TPSA) is 15.3 Å². The van der Waals surface area contributed by atoms with Crippen molar-refractivity contribution in [1.29, 1.82) is 0 Å². The Morgan fingerprint density at radius 1 is 1.00 bits per heavy atom. The number of nitrogens with zero attached hydrogens (tertiary/aromatic N) is 1. The van der Waals surface area contributed by atoms with Crippen molar-refractivity contribution in [3.05, 3.63) is 0 Å². The smallest absolute Gasteiger partial charge is 0.0226 e. The van der Waals surface area contributed by atoms with Gasteiger partial charge in [0.2, 0.25) is 0 Å². The summed E-state index contributed by atoms with van der Waals surface area (Å²) >= 11 is 0. The summed E-state index contributed by atoms with van der Waals surface area (Å²) in [5.74, 6) is 1.59. The van der Waals surface area contributed by atoms with Crippen molar-refractivity contribution < 1.29 is 0 Å². The summed E-state index contributed by atoms with van der Waals surface area (Å²) in [5.41, 5.74) is 0. The maximum absolute atomic E-state index is 3.80. The second-order valence-corrected chi connectivity index (χ2v) is 7.19. The lowest BCUT2D eigenvalue weighted by Crippen LogP contribution is -2.59. The number of piperazine rings is 1. The van der Waals surface area contributed by atoms with Gasteiger partial charge in [0.25, 0.3) is 0 Å². The van der Waals surface area contributed by atoms with E-state index in [4.69, 9.17) is 0 Å². The second-order valence-electron chi connectivity index (χ2n) is 7.19. The number of hydrogen-bond acceptors (Lipinski definition) is 2. The molecule has 2 atom stereocenters. The minimum atomic E-state index is 0.698. The van der Waals surface area contributed by atoms with Crippen LogP contribution in [0.2, 0.25) is 0 Å². The molecule has 2 nitrogen and oxygen atoms in total. The van der Waals surface area contributed by atoms with Crippen LogP contribution in [0, 0.1) is 11.8 Å². The Kier molecular flexibility index (Phi) is 7.38. The Bertz CT molecular complexity index is 233. The van der Waals surface area contributed by atoms with Crippen LogP contribution in [0.5, 0.6) is 0 Å². The van der Waals surface area contributed by atoms with Gasteiger partial charge < -0.3 is 5.32 Å². The Morgan fingerprint density at radius 3 is 2.05 bits per heavy atom. The fourth-order valence-electron chi connectivity index (χ4n) is 3.58. The van der Waals surface area contributed by atoms with Crippen LogP contribution in [0.25, 0.3) is 0 Å². The molecular formula is C17H36N2. The molecule has 0 spiro atoms. The highest BCUT2D eigenvalue weighted by Gasteiger charge is 2.31. The summed E-state index contributed by atoms with van der Waals surface area (Å²) in [6, 6.07) is 2.22. The van der Waals surface area contributed by atoms with Gasteiger partial charge in [0.1, 0.15) is 0 Å². The highest BCUT2D eigenvalue weighted by Crippen LogP contribution is 2.23. The fraction of sp³-hybridized carbons (Fsp3) is 1.00. The Balaban J connectivity index is 2.67. The van der Waals surface area contributed by atoms with Gasteiger partial charge >= 0.3 is 0 Å². The molecule has 0 saturated carbocycles. The molecule has 1 N–H and O–H groups in total. The Hall–Kier alpha value is -0.0800. The normalized spacial score (nSPS) is 25.7. The molecule has 0 radical (unpaired) electrons. The zero-order chi connectivity index (χ0) is 14.4. The quantitative estimate of drug-likeness (QED) is 0.753. The third kappa shape index (κ3) is 5.43. The first-order chi connectivity index (χ1) is 8.97. The molecule has 2 heteroatoms. The highest BCUT2D eigenvalue weighted by atomic mass is 15.3. The van der Waals surface area contributed by atoms with E-state index in [2.05, 4.69) is 51.8 Å². The standard InChI is InChI=1S/C17H36N2/c1-7-16(8-2)19-12-15(9-13(3)4)18-11-17(19)10-14(5)6/h13-18H,7-12H2,1-6H3. The molecule has 1 saturated heterocycles. The molecule has 0 amide bonds. The van der Waals surface area contributed by atoms with E-state index in [1.54, 1.807) is 0 Å². The lowest BCUT2D eigenvalue weighted by molar-refractivity contribution is 0.0601. The SMILES string of the molecule is CCC(CC)N1CC(CC(C)C)NCC1CC(C)C. The molecule has 1 aliphatic rings. The monoisotopic (exact) mass is 268 g/mol. The molecule has 1 aliphatic heterocycles. The van der Waals surface area contributed by atoms with Crippen molar-refractivity contribution in [3.63, 3.8) is 0 Å². The number of hydrogen-bond donors (Lipinski definition) is 1. The number of rotatable bonds is 7. The molecule has 0 bridgehead atoms. The molecule has 19 heavy (non-hydrogen) atoms. The van der Waals surface area contributed by atoms with E-state index in [-0.39, 0.29) is 0 Å². The van der Waals surface area contributed by atoms with E-state index in [1.807, 2.05) is 0 Å². The predicted molar refractivity (Wildman–Crippen MR) is 85.6 cm³/mol. The molecule has 0 aromatic heterocycles. The first kappa shape index (κ1) is 17.0. The second kappa shape index (κ2) is 8.26. The van der Waals surface area contributed by atoms with Crippen molar-refractivity contribution in [2.75, 3.05) is 13.1 Å². The van der Waals surface area contributed by atoms with Gasteiger partial charge in [0.15, 0.2) is 0 Å². The molecule has 0 aromatic carbocycles. The van der Waals surface area contributed by atoms with Gasteiger partial charge in [0, 0.05) is 31.2 Å². The molecule has 0 aromatic rings. The zero-order valence-corrected chi connectivity index (χ0v) is 14.1. The molecule has 2 unspecified atom stereocenters. The molecule has 114 valence electrons. The predicted octanol–water partition coefficient (Wildman–Crippen LogP) is 3.91. The van der Waals surface area contributed by atoms with Gasteiger partial charge in [-0.25, -0.2) is 0 Å². The largest absolute Gasteiger partial charge is 0.311 e. The zero-order valence-electron chi connectivity index (χ0n) is 14.1. The van der Waals surface area contributed by atoms with Gasteiger partial charge in [-0.3, -0.25) is 4.90 Å². The first-order valence-electron chi connectivity index (χ1n) is 8.46. The van der Waals surface area contributed by atoms with E-state index in [0.29, 0.717) is 6.04 Å².